The molecule has 1 heterocycles. The number of rotatable bonds is 5. The molecule has 0 aromatic heterocycles. The quantitative estimate of drug-likeness (QED) is 0.523. The number of benzene rings is 1. The van der Waals surface area contributed by atoms with E-state index in [1.54, 1.807) is 5.31 Å². The number of hydrogen-bond donors (Lipinski definition) is 0. The molecule has 1 aliphatic heterocycles. The van der Waals surface area contributed by atoms with E-state index in [9.17, 15) is 0 Å². The summed E-state index contributed by atoms with van der Waals surface area (Å²) in [5, 5.41) is 4.56. The first-order chi connectivity index (χ1) is 7.42. The van der Waals surface area contributed by atoms with Crippen LogP contribution in [0.15, 0.2) is 24.3 Å². The molecule has 1 radical (unpaired) electrons. The van der Waals surface area contributed by atoms with Crippen LogP contribution in [-0.4, -0.2) is 0 Å². The van der Waals surface area contributed by atoms with Crippen molar-refractivity contribution in [1.82, 2.24) is 0 Å². The topological polar surface area (TPSA) is 0 Å². The summed E-state index contributed by atoms with van der Waals surface area (Å²) in [5.74, 6) is 2.34. The van der Waals surface area contributed by atoms with Crippen molar-refractivity contribution in [2.45, 2.75) is 39.0 Å². The standard InChI is InChI=1S/C14H18P/c1-2-3-4-5-10-14-13-9-7-6-8-12(13)11-15-14/h6-9,11H,2-5,10H2,1H3. The van der Waals surface area contributed by atoms with E-state index in [2.05, 4.69) is 37.0 Å². The third-order valence-electron chi connectivity index (χ3n) is 2.90. The van der Waals surface area contributed by atoms with Crippen LogP contribution in [0.5, 0.6) is 0 Å². The first-order valence-corrected chi connectivity index (χ1v) is 6.87. The molecular weight excluding hydrogens is 199 g/mol. The molecule has 0 atom stereocenters. The molecule has 1 aromatic carbocycles. The minimum Gasteiger partial charge on any atom is -0.0654 e. The number of hydrogen-bond acceptors (Lipinski definition) is 0. The Bertz CT molecular complexity index is 431. The summed E-state index contributed by atoms with van der Waals surface area (Å²) in [6.45, 7) is 2.27. The molecule has 0 saturated carbocycles. The van der Waals surface area contributed by atoms with E-state index in [0.29, 0.717) is 0 Å². The minimum absolute atomic E-state index is 1.29. The third kappa shape index (κ3) is 2.69. The molecular formula is C14H18P. The average Bonchev–Trinajstić information content (AvgIpc) is 2.68. The van der Waals surface area contributed by atoms with Gasteiger partial charge in [0, 0.05) is 0 Å². The van der Waals surface area contributed by atoms with Gasteiger partial charge in [0.1, 0.15) is 0 Å². The summed E-state index contributed by atoms with van der Waals surface area (Å²) in [6, 6.07) is 8.77. The highest BCUT2D eigenvalue weighted by atomic mass is 31.1. The highest BCUT2D eigenvalue weighted by molar-refractivity contribution is 7.58. The van der Waals surface area contributed by atoms with Crippen molar-refractivity contribution in [1.29, 1.82) is 0 Å². The maximum Gasteiger partial charge on any atom is -0.0140 e. The molecule has 0 N–H and O–H groups in total. The van der Waals surface area contributed by atoms with Gasteiger partial charge in [-0.15, -0.1) is 0 Å². The van der Waals surface area contributed by atoms with E-state index in [-0.39, 0.29) is 0 Å². The zero-order valence-corrected chi connectivity index (χ0v) is 10.3. The molecule has 1 aromatic rings. The van der Waals surface area contributed by atoms with Crippen LogP contribution in [0.25, 0.3) is 11.1 Å². The van der Waals surface area contributed by atoms with E-state index in [0.717, 1.165) is 0 Å². The van der Waals surface area contributed by atoms with Gasteiger partial charge >= 0.3 is 0 Å². The van der Waals surface area contributed by atoms with Crippen molar-refractivity contribution in [3.63, 3.8) is 0 Å². The fraction of sp³-hybridized carbons (Fsp3) is 0.429. The average molecular weight is 217 g/mol. The lowest BCUT2D eigenvalue weighted by Gasteiger charge is -2.00. The van der Waals surface area contributed by atoms with Gasteiger partial charge in [0.05, 0.1) is 0 Å². The van der Waals surface area contributed by atoms with Crippen LogP contribution in [0.2, 0.25) is 0 Å². The van der Waals surface area contributed by atoms with Gasteiger partial charge in [0.25, 0.3) is 0 Å². The Labute approximate surface area is 93.9 Å². The second kappa shape index (κ2) is 5.47. The molecule has 0 nitrogen and oxygen atoms in total. The fourth-order valence-electron chi connectivity index (χ4n) is 2.01. The van der Waals surface area contributed by atoms with Crippen LogP contribution in [-0.2, 0) is 0 Å². The van der Waals surface area contributed by atoms with Crippen LogP contribution in [0.4, 0.5) is 0 Å². The monoisotopic (exact) mass is 217 g/mol. The molecule has 0 spiro atoms. The van der Waals surface area contributed by atoms with Crippen LogP contribution < -0.4 is 10.4 Å². The summed E-state index contributed by atoms with van der Waals surface area (Å²) in [5.41, 5.74) is 0. The largest absolute Gasteiger partial charge is 0.0654 e. The number of unbranched alkanes of at least 4 members (excludes halogenated alkanes) is 3. The molecule has 2 rings (SSSR count). The van der Waals surface area contributed by atoms with Gasteiger partial charge in [-0.3, -0.25) is 0 Å². The second-order valence-corrected chi connectivity index (χ2v) is 5.16. The Morgan fingerprint density at radius 3 is 2.80 bits per heavy atom. The van der Waals surface area contributed by atoms with Gasteiger partial charge in [-0.05, 0) is 43.0 Å². The van der Waals surface area contributed by atoms with Crippen molar-refractivity contribution in [2.75, 3.05) is 0 Å². The maximum absolute atomic E-state index is 2.34. The predicted octanol–water partition coefficient (Wildman–Crippen LogP) is 3.46. The van der Waals surface area contributed by atoms with E-state index < -0.39 is 0 Å². The summed E-state index contributed by atoms with van der Waals surface area (Å²) < 4.78 is 0. The highest BCUT2D eigenvalue weighted by Gasteiger charge is 2.04. The van der Waals surface area contributed by atoms with Gasteiger partial charge in [0.2, 0.25) is 0 Å². The predicted molar refractivity (Wildman–Crippen MR) is 69.2 cm³/mol. The minimum atomic E-state index is 1.29. The van der Waals surface area contributed by atoms with Gasteiger partial charge in [0.15, 0.2) is 0 Å². The van der Waals surface area contributed by atoms with Crippen molar-refractivity contribution in [3.05, 3.63) is 34.7 Å². The summed E-state index contributed by atoms with van der Waals surface area (Å²) >= 11 is 0. The Morgan fingerprint density at radius 1 is 1.07 bits per heavy atom. The normalized spacial score (nSPS) is 15.4. The lowest BCUT2D eigenvalue weighted by atomic mass is 10.1. The van der Waals surface area contributed by atoms with Crippen molar-refractivity contribution in [3.8, 4) is 0 Å². The van der Waals surface area contributed by atoms with E-state index in [1.807, 2.05) is 0 Å². The third-order valence-corrected chi connectivity index (χ3v) is 4.08. The Kier molecular flexibility index (Phi) is 3.97. The first kappa shape index (κ1) is 10.9. The van der Waals surface area contributed by atoms with E-state index >= 15 is 0 Å². The smallest absolute Gasteiger partial charge is 0.0140 e. The first-order valence-electron chi connectivity index (χ1n) is 5.91. The molecule has 0 bridgehead atoms. The molecule has 0 saturated heterocycles. The van der Waals surface area contributed by atoms with Crippen molar-refractivity contribution in [2.24, 2.45) is 0 Å². The van der Waals surface area contributed by atoms with E-state index in [4.69, 9.17) is 0 Å². The SMILES string of the molecule is CCCCCCC1=c2ccccc2=C[P]1. The fourth-order valence-corrected chi connectivity index (χ4v) is 3.16. The molecule has 15 heavy (non-hydrogen) atoms. The second-order valence-electron chi connectivity index (χ2n) is 4.10. The summed E-state index contributed by atoms with van der Waals surface area (Å²) in [6.07, 6.45) is 6.75. The molecule has 0 aliphatic carbocycles. The molecule has 0 fully saturated rings. The van der Waals surface area contributed by atoms with Crippen molar-refractivity contribution >= 4 is 19.7 Å². The van der Waals surface area contributed by atoms with Crippen LogP contribution in [0, 0.1) is 0 Å². The molecule has 1 aliphatic rings. The Morgan fingerprint density at radius 2 is 1.93 bits per heavy atom. The Balaban J connectivity index is 2.03. The van der Waals surface area contributed by atoms with Gasteiger partial charge in [-0.2, -0.15) is 0 Å². The molecule has 79 valence electrons. The van der Waals surface area contributed by atoms with E-state index in [1.165, 1.54) is 51.1 Å². The summed E-state index contributed by atoms with van der Waals surface area (Å²) in [7, 11) is 1.43. The Hall–Kier alpha value is -0.610. The zero-order chi connectivity index (χ0) is 10.5. The lowest BCUT2D eigenvalue weighted by molar-refractivity contribution is 0.680. The number of fused-ring (bicyclic) bond motifs is 1. The van der Waals surface area contributed by atoms with Crippen LogP contribution in [0.1, 0.15) is 39.0 Å². The zero-order valence-electron chi connectivity index (χ0n) is 9.37. The van der Waals surface area contributed by atoms with Crippen LogP contribution >= 0.6 is 8.58 Å². The lowest BCUT2D eigenvalue weighted by Crippen LogP contribution is -2.21. The van der Waals surface area contributed by atoms with Gasteiger partial charge < -0.3 is 0 Å². The maximum atomic E-state index is 2.34. The summed E-state index contributed by atoms with van der Waals surface area (Å²) in [4.78, 5) is 0. The van der Waals surface area contributed by atoms with Gasteiger partial charge in [-0.1, -0.05) is 50.5 Å². The molecule has 0 unspecified atom stereocenters. The molecule has 1 heteroatoms. The molecule has 0 amide bonds. The highest BCUT2D eigenvalue weighted by Crippen LogP contribution is 2.32. The van der Waals surface area contributed by atoms with Crippen molar-refractivity contribution < 1.29 is 0 Å². The van der Waals surface area contributed by atoms with Crippen LogP contribution in [0.3, 0.4) is 0 Å². The van der Waals surface area contributed by atoms with Gasteiger partial charge in [-0.25, -0.2) is 0 Å².